The van der Waals surface area contributed by atoms with Gasteiger partial charge >= 0.3 is 12.1 Å². The van der Waals surface area contributed by atoms with E-state index in [0.717, 1.165) is 59.7 Å². The van der Waals surface area contributed by atoms with Crippen LogP contribution in [-0.2, 0) is 43.1 Å². The number of esters is 1. The normalized spacial score (nSPS) is 14.8. The minimum absolute atomic E-state index is 0.0194. The molecule has 8 nitrogen and oxygen atoms in total. The lowest BCUT2D eigenvalue weighted by Crippen LogP contribution is -2.43. The summed E-state index contributed by atoms with van der Waals surface area (Å²) in [6.07, 6.45) is 4.16. The molecule has 0 radical (unpaired) electrons. The Morgan fingerprint density at radius 2 is 1.52 bits per heavy atom. The van der Waals surface area contributed by atoms with Crippen molar-refractivity contribution in [3.05, 3.63) is 106 Å². The van der Waals surface area contributed by atoms with Crippen molar-refractivity contribution in [2.75, 3.05) is 13.2 Å². The maximum Gasteiger partial charge on any atom is 0.411 e. The van der Waals surface area contributed by atoms with Gasteiger partial charge in [-0.15, -0.1) is 11.3 Å². The van der Waals surface area contributed by atoms with Gasteiger partial charge in [-0.1, -0.05) is 80.6 Å². The van der Waals surface area contributed by atoms with Crippen molar-refractivity contribution in [1.29, 1.82) is 0 Å². The molecule has 1 aliphatic rings. The van der Waals surface area contributed by atoms with Crippen LogP contribution in [0, 0.1) is 5.92 Å². The highest BCUT2D eigenvalue weighted by Gasteiger charge is 2.37. The lowest BCUT2D eigenvalue weighted by molar-refractivity contribution is -0.155. The number of hydrogen-bond donors (Lipinski definition) is 0. The van der Waals surface area contributed by atoms with E-state index in [-0.39, 0.29) is 25.0 Å². The number of carbonyl (C=O) groups excluding carboxylic acids is 3. The van der Waals surface area contributed by atoms with Crippen LogP contribution in [0.4, 0.5) is 4.79 Å². The minimum atomic E-state index is -0.956. The predicted molar refractivity (Wildman–Crippen MR) is 206 cm³/mol. The molecule has 278 valence electrons. The lowest BCUT2D eigenvalue weighted by Gasteiger charge is -2.33. The fourth-order valence-electron chi connectivity index (χ4n) is 6.27. The number of carbonyl (C=O) groups is 3. The van der Waals surface area contributed by atoms with E-state index in [9.17, 15) is 14.4 Å². The molecule has 52 heavy (non-hydrogen) atoms. The van der Waals surface area contributed by atoms with Gasteiger partial charge in [0.1, 0.15) is 18.3 Å². The number of fused-ring (bicyclic) bond motifs is 1. The van der Waals surface area contributed by atoms with Gasteiger partial charge in [0.25, 0.3) is 0 Å². The van der Waals surface area contributed by atoms with Crippen LogP contribution >= 0.6 is 11.3 Å². The topological polar surface area (TPSA) is 91.4 Å². The van der Waals surface area contributed by atoms with Gasteiger partial charge in [-0.3, -0.25) is 9.69 Å². The number of ketones is 1. The summed E-state index contributed by atoms with van der Waals surface area (Å²) in [6, 6.07) is 24.8. The Hall–Kier alpha value is -4.05. The first-order chi connectivity index (χ1) is 24.8. The molecule has 1 unspecified atom stereocenters. The van der Waals surface area contributed by atoms with Gasteiger partial charge in [0.2, 0.25) is 0 Å². The van der Waals surface area contributed by atoms with Crippen molar-refractivity contribution in [3.63, 3.8) is 0 Å². The van der Waals surface area contributed by atoms with Crippen LogP contribution in [0.25, 0.3) is 10.1 Å². The molecule has 1 aliphatic carbocycles. The predicted octanol–water partition coefficient (Wildman–Crippen LogP) is 9.87. The zero-order chi connectivity index (χ0) is 37.3. The van der Waals surface area contributed by atoms with Crippen LogP contribution in [-0.4, -0.2) is 54.0 Å². The average Bonchev–Trinajstić information content (AvgIpc) is 3.78. The average molecular weight is 728 g/mol. The molecule has 4 aromatic rings. The molecule has 3 aromatic carbocycles. The summed E-state index contributed by atoms with van der Waals surface area (Å²) < 4.78 is 24.2. The van der Waals surface area contributed by atoms with Gasteiger partial charge in [-0.05, 0) is 112 Å². The smallest absolute Gasteiger partial charge is 0.411 e. The van der Waals surface area contributed by atoms with E-state index >= 15 is 0 Å². The Bertz CT molecular complexity index is 1790. The van der Waals surface area contributed by atoms with Crippen molar-refractivity contribution in [3.8, 4) is 0 Å². The Kier molecular flexibility index (Phi) is 13.7. The van der Waals surface area contributed by atoms with Crippen LogP contribution in [0.3, 0.4) is 0 Å². The van der Waals surface area contributed by atoms with Crippen LogP contribution < -0.4 is 0 Å². The van der Waals surface area contributed by atoms with Crippen molar-refractivity contribution < 1.29 is 33.3 Å². The second-order valence-electron chi connectivity index (χ2n) is 15.1. The fourth-order valence-corrected chi connectivity index (χ4v) is 7.32. The molecule has 1 saturated carbocycles. The second-order valence-corrected chi connectivity index (χ2v) is 16.2. The first-order valence-electron chi connectivity index (χ1n) is 18.5. The highest BCUT2D eigenvalue weighted by atomic mass is 32.1. The van der Waals surface area contributed by atoms with E-state index in [4.69, 9.17) is 18.9 Å². The van der Waals surface area contributed by atoms with Gasteiger partial charge in [0, 0.05) is 4.70 Å². The second kappa shape index (κ2) is 18.1. The van der Waals surface area contributed by atoms with Gasteiger partial charge in [-0.25, -0.2) is 9.59 Å². The number of amides is 1. The molecule has 1 aromatic heterocycles. The number of Topliss-reactive ketones (excluding diaryl/α,β-unsaturated/α-hetero) is 1. The molecular weight excluding hydrogens is 675 g/mol. The third kappa shape index (κ3) is 11.5. The molecule has 0 saturated heterocycles. The summed E-state index contributed by atoms with van der Waals surface area (Å²) in [4.78, 5) is 42.8. The van der Waals surface area contributed by atoms with Gasteiger partial charge in [-0.2, -0.15) is 0 Å². The van der Waals surface area contributed by atoms with Crippen molar-refractivity contribution in [2.45, 2.75) is 111 Å². The van der Waals surface area contributed by atoms with Crippen LogP contribution in [0.1, 0.15) is 105 Å². The molecule has 9 heteroatoms. The highest BCUT2D eigenvalue weighted by Crippen LogP contribution is 2.31. The molecule has 1 amide bonds. The molecule has 1 heterocycles. The van der Waals surface area contributed by atoms with E-state index in [0.29, 0.717) is 23.0 Å². The number of aryl methyl sites for hydroxylation is 2. The Labute approximate surface area is 312 Å². The Balaban J connectivity index is 1.29. The molecule has 0 spiro atoms. The maximum absolute atomic E-state index is 13.9. The van der Waals surface area contributed by atoms with E-state index < -0.39 is 30.0 Å². The van der Waals surface area contributed by atoms with Crippen molar-refractivity contribution >= 4 is 39.3 Å². The molecule has 0 bridgehead atoms. The third-order valence-corrected chi connectivity index (χ3v) is 10.0. The van der Waals surface area contributed by atoms with Crippen molar-refractivity contribution in [2.24, 2.45) is 5.92 Å². The van der Waals surface area contributed by atoms with E-state index in [1.807, 2.05) is 76.2 Å². The van der Waals surface area contributed by atoms with Gasteiger partial charge < -0.3 is 18.9 Å². The first-order valence-corrected chi connectivity index (χ1v) is 19.3. The van der Waals surface area contributed by atoms with Gasteiger partial charge in [0.15, 0.2) is 18.1 Å². The van der Waals surface area contributed by atoms with E-state index in [1.165, 1.54) is 21.8 Å². The quantitative estimate of drug-likeness (QED) is 0.0645. The number of ether oxygens (including phenoxy) is 4. The monoisotopic (exact) mass is 727 g/mol. The molecule has 0 N–H and O–H groups in total. The number of rotatable bonds is 16. The van der Waals surface area contributed by atoms with Crippen LogP contribution in [0.15, 0.2) is 78.9 Å². The highest BCUT2D eigenvalue weighted by molar-refractivity contribution is 7.20. The number of benzene rings is 3. The fraction of sp³-hybridized carbons (Fsp3) is 0.465. The zero-order valence-corrected chi connectivity index (χ0v) is 32.2. The molecule has 5 rings (SSSR count). The number of nitrogens with zero attached hydrogens (tertiary/aromatic N) is 1. The standard InChI is InChI=1S/C43H53NO7S/c1-29(2)27-48-30(3)49-28-37(45)39-25-35-22-21-32(24-38(35)52-39)20-19-31-13-12-14-33(23-31)26-44(42(47)51-43(4,5)6)40(34-15-8-7-9-16-34)41(46)50-36-17-10-11-18-36/h7-9,12-16,21-25,29-30,36,40H,10-11,17-20,26-28H2,1-6H3/t30?,40-/m0/s1. The SMILES string of the molecule is CC(C)COC(C)OCC(=O)c1cc2ccc(CCc3cccc(CN(C(=O)OC(C)(C)C)[C@H](C(=O)OC4CCCC4)c4ccccc4)c3)cc2s1. The largest absolute Gasteiger partial charge is 0.461 e. The summed E-state index contributed by atoms with van der Waals surface area (Å²) >= 11 is 1.48. The lowest BCUT2D eigenvalue weighted by atomic mass is 10.0. The molecular formula is C43H53NO7S. The first kappa shape index (κ1) is 39.2. The summed E-state index contributed by atoms with van der Waals surface area (Å²) in [5.41, 5.74) is 3.10. The Morgan fingerprint density at radius 3 is 2.21 bits per heavy atom. The third-order valence-electron chi connectivity index (χ3n) is 8.88. The Morgan fingerprint density at radius 1 is 0.827 bits per heavy atom. The molecule has 2 atom stereocenters. The maximum atomic E-state index is 13.9. The zero-order valence-electron chi connectivity index (χ0n) is 31.4. The number of hydrogen-bond acceptors (Lipinski definition) is 8. The van der Waals surface area contributed by atoms with E-state index in [1.54, 1.807) is 0 Å². The van der Waals surface area contributed by atoms with E-state index in [2.05, 4.69) is 44.2 Å². The van der Waals surface area contributed by atoms with Crippen molar-refractivity contribution in [1.82, 2.24) is 4.90 Å². The number of thiophene rings is 1. The van der Waals surface area contributed by atoms with Crippen LogP contribution in [0.2, 0.25) is 0 Å². The summed E-state index contributed by atoms with van der Waals surface area (Å²) in [7, 11) is 0. The molecule has 1 fully saturated rings. The van der Waals surface area contributed by atoms with Crippen LogP contribution in [0.5, 0.6) is 0 Å². The summed E-state index contributed by atoms with van der Waals surface area (Å²) in [6.45, 7) is 12.2. The summed E-state index contributed by atoms with van der Waals surface area (Å²) in [5.74, 6) is -0.0964. The molecule has 0 aliphatic heterocycles. The van der Waals surface area contributed by atoms with Gasteiger partial charge in [0.05, 0.1) is 18.0 Å². The minimum Gasteiger partial charge on any atom is -0.461 e. The summed E-state index contributed by atoms with van der Waals surface area (Å²) in [5, 5.41) is 1.03.